The van der Waals surface area contributed by atoms with E-state index in [1.807, 2.05) is 31.2 Å². The summed E-state index contributed by atoms with van der Waals surface area (Å²) in [4.78, 5) is 11.6. The van der Waals surface area contributed by atoms with E-state index in [9.17, 15) is 4.79 Å². The van der Waals surface area contributed by atoms with Crippen LogP contribution >= 0.6 is 0 Å². The predicted molar refractivity (Wildman–Crippen MR) is 79.7 cm³/mol. The Balaban J connectivity index is 2.75. The molecule has 2 aromatic carbocycles. The van der Waals surface area contributed by atoms with E-state index in [4.69, 9.17) is 9.47 Å². The number of rotatable bonds is 4. The van der Waals surface area contributed by atoms with E-state index < -0.39 is 0 Å². The van der Waals surface area contributed by atoms with Crippen molar-refractivity contribution in [1.29, 1.82) is 0 Å². The van der Waals surface area contributed by atoms with E-state index in [1.54, 1.807) is 26.4 Å². The fraction of sp³-hybridized carbons (Fsp3) is 0.235. The normalized spacial score (nSPS) is 10.2. The monoisotopic (exact) mass is 270 g/mol. The Labute approximate surface area is 119 Å². The van der Waals surface area contributed by atoms with Gasteiger partial charge in [0, 0.05) is 5.56 Å². The van der Waals surface area contributed by atoms with Crippen molar-refractivity contribution in [2.24, 2.45) is 0 Å². The molecule has 0 radical (unpaired) electrons. The van der Waals surface area contributed by atoms with Crippen molar-refractivity contribution in [3.63, 3.8) is 0 Å². The van der Waals surface area contributed by atoms with Gasteiger partial charge in [-0.1, -0.05) is 24.3 Å². The summed E-state index contributed by atoms with van der Waals surface area (Å²) >= 11 is 0. The molecule has 0 bridgehead atoms. The highest BCUT2D eigenvalue weighted by molar-refractivity contribution is 5.97. The molecule has 3 nitrogen and oxygen atoms in total. The average Bonchev–Trinajstić information content (AvgIpc) is 2.46. The topological polar surface area (TPSA) is 35.5 Å². The first-order valence-electron chi connectivity index (χ1n) is 6.41. The molecular weight excluding hydrogens is 252 g/mol. The second kappa shape index (κ2) is 5.78. The molecule has 0 saturated carbocycles. The molecule has 0 aliphatic carbocycles. The van der Waals surface area contributed by atoms with E-state index in [2.05, 4.69) is 0 Å². The fourth-order valence-corrected chi connectivity index (χ4v) is 2.23. The second-order valence-electron chi connectivity index (χ2n) is 4.63. The number of benzene rings is 2. The lowest BCUT2D eigenvalue weighted by atomic mass is 9.96. The molecule has 104 valence electrons. The summed E-state index contributed by atoms with van der Waals surface area (Å²) in [6.07, 6.45) is 0. The molecule has 20 heavy (non-hydrogen) atoms. The van der Waals surface area contributed by atoms with E-state index in [-0.39, 0.29) is 5.78 Å². The number of Topliss-reactive ketones (excluding diaryl/α,β-unsaturated/α-hetero) is 1. The Kier molecular flexibility index (Phi) is 4.08. The van der Waals surface area contributed by atoms with Gasteiger partial charge >= 0.3 is 0 Å². The van der Waals surface area contributed by atoms with Crippen LogP contribution in [0, 0.1) is 6.92 Å². The van der Waals surface area contributed by atoms with Gasteiger partial charge in [0.2, 0.25) is 0 Å². The first-order chi connectivity index (χ1) is 9.58. The Bertz CT molecular complexity index is 619. The van der Waals surface area contributed by atoms with Gasteiger partial charge in [0.1, 0.15) is 11.5 Å². The molecule has 0 saturated heterocycles. The van der Waals surface area contributed by atoms with Gasteiger partial charge in [-0.25, -0.2) is 0 Å². The van der Waals surface area contributed by atoms with Gasteiger partial charge in [0.25, 0.3) is 0 Å². The maximum atomic E-state index is 11.6. The van der Waals surface area contributed by atoms with Crippen molar-refractivity contribution in [3.05, 3.63) is 47.5 Å². The molecule has 0 aromatic heterocycles. The Morgan fingerprint density at radius 1 is 1.00 bits per heavy atom. The summed E-state index contributed by atoms with van der Waals surface area (Å²) in [7, 11) is 3.20. The lowest BCUT2D eigenvalue weighted by Gasteiger charge is -2.16. The van der Waals surface area contributed by atoms with Crippen molar-refractivity contribution < 1.29 is 14.3 Å². The minimum atomic E-state index is -0.0158. The van der Waals surface area contributed by atoms with Crippen molar-refractivity contribution in [2.45, 2.75) is 13.8 Å². The number of carbonyl (C=O) groups excluding carboxylic acids is 1. The number of hydrogen-bond acceptors (Lipinski definition) is 3. The van der Waals surface area contributed by atoms with Crippen molar-refractivity contribution in [1.82, 2.24) is 0 Å². The second-order valence-corrected chi connectivity index (χ2v) is 4.63. The third kappa shape index (κ3) is 2.52. The predicted octanol–water partition coefficient (Wildman–Crippen LogP) is 3.88. The number of aryl methyl sites for hydroxylation is 1. The first-order valence-corrected chi connectivity index (χ1v) is 6.41. The lowest BCUT2D eigenvalue weighted by molar-refractivity contribution is 0.101. The lowest BCUT2D eigenvalue weighted by Crippen LogP contribution is -1.99. The minimum Gasteiger partial charge on any atom is -0.496 e. The summed E-state index contributed by atoms with van der Waals surface area (Å²) in [5, 5.41) is 0. The smallest absolute Gasteiger partial charge is 0.160 e. The Hall–Kier alpha value is -2.29. The first kappa shape index (κ1) is 14.1. The number of methoxy groups -OCH3 is 2. The van der Waals surface area contributed by atoms with Crippen LogP contribution < -0.4 is 9.47 Å². The fourth-order valence-electron chi connectivity index (χ4n) is 2.23. The van der Waals surface area contributed by atoms with Crippen LogP contribution in [0.5, 0.6) is 11.5 Å². The highest BCUT2D eigenvalue weighted by Crippen LogP contribution is 2.40. The van der Waals surface area contributed by atoms with Gasteiger partial charge in [0.15, 0.2) is 5.78 Å². The molecule has 3 heteroatoms. The van der Waals surface area contributed by atoms with Crippen LogP contribution in [0.15, 0.2) is 36.4 Å². The molecule has 0 aliphatic heterocycles. The summed E-state index contributed by atoms with van der Waals surface area (Å²) in [6.45, 7) is 3.56. The molecule has 0 spiro atoms. The van der Waals surface area contributed by atoms with Gasteiger partial charge in [-0.3, -0.25) is 4.79 Å². The molecule has 0 unspecified atom stereocenters. The third-order valence-corrected chi connectivity index (χ3v) is 3.33. The zero-order valence-corrected chi connectivity index (χ0v) is 12.2. The van der Waals surface area contributed by atoms with E-state index >= 15 is 0 Å². The molecule has 2 aromatic rings. The van der Waals surface area contributed by atoms with Gasteiger partial charge < -0.3 is 9.47 Å². The molecule has 0 fully saturated rings. The average molecular weight is 270 g/mol. The number of hydrogen-bond donors (Lipinski definition) is 0. The number of ether oxygens (including phenoxy) is 2. The van der Waals surface area contributed by atoms with Crippen molar-refractivity contribution in [3.8, 4) is 22.6 Å². The molecule has 0 amide bonds. The van der Waals surface area contributed by atoms with Crippen LogP contribution in [0.1, 0.15) is 22.8 Å². The van der Waals surface area contributed by atoms with Crippen LogP contribution in [0.3, 0.4) is 0 Å². The standard InChI is InChI=1S/C17H18O3/c1-11-7-5-6-8-14(11)17-15(19-3)9-13(12(2)18)10-16(17)20-4/h5-10H,1-4H3. The largest absolute Gasteiger partial charge is 0.496 e. The maximum Gasteiger partial charge on any atom is 0.160 e. The van der Waals surface area contributed by atoms with E-state index in [1.165, 1.54) is 6.92 Å². The van der Waals surface area contributed by atoms with Crippen LogP contribution in [0.4, 0.5) is 0 Å². The van der Waals surface area contributed by atoms with Crippen LogP contribution in [-0.4, -0.2) is 20.0 Å². The SMILES string of the molecule is COc1cc(C(C)=O)cc(OC)c1-c1ccccc1C. The van der Waals surface area contributed by atoms with E-state index in [0.717, 1.165) is 16.7 Å². The minimum absolute atomic E-state index is 0.0158. The number of carbonyl (C=O) groups is 1. The third-order valence-electron chi connectivity index (χ3n) is 3.33. The summed E-state index contributed by atoms with van der Waals surface area (Å²) < 4.78 is 10.9. The molecule has 0 aliphatic rings. The summed E-state index contributed by atoms with van der Waals surface area (Å²) in [5.74, 6) is 1.27. The maximum absolute atomic E-state index is 11.6. The zero-order valence-electron chi connectivity index (χ0n) is 12.2. The van der Waals surface area contributed by atoms with Crippen molar-refractivity contribution >= 4 is 5.78 Å². The summed E-state index contributed by atoms with van der Waals surface area (Å²) in [6, 6.07) is 11.5. The van der Waals surface area contributed by atoms with Crippen LogP contribution in [0.2, 0.25) is 0 Å². The Morgan fingerprint density at radius 3 is 2.00 bits per heavy atom. The molecule has 2 rings (SSSR count). The van der Waals surface area contributed by atoms with Crippen LogP contribution in [-0.2, 0) is 0 Å². The van der Waals surface area contributed by atoms with Gasteiger partial charge in [-0.15, -0.1) is 0 Å². The number of ketones is 1. The van der Waals surface area contributed by atoms with Crippen molar-refractivity contribution in [2.75, 3.05) is 14.2 Å². The zero-order chi connectivity index (χ0) is 14.7. The Morgan fingerprint density at radius 2 is 1.55 bits per heavy atom. The molecule has 0 N–H and O–H groups in total. The van der Waals surface area contributed by atoms with Gasteiger partial charge in [-0.2, -0.15) is 0 Å². The summed E-state index contributed by atoms with van der Waals surface area (Å²) in [5.41, 5.74) is 3.62. The quantitative estimate of drug-likeness (QED) is 0.791. The van der Waals surface area contributed by atoms with E-state index in [0.29, 0.717) is 17.1 Å². The van der Waals surface area contributed by atoms with Crippen LogP contribution in [0.25, 0.3) is 11.1 Å². The van der Waals surface area contributed by atoms with Gasteiger partial charge in [-0.05, 0) is 37.1 Å². The van der Waals surface area contributed by atoms with Gasteiger partial charge in [0.05, 0.1) is 19.8 Å². The highest BCUT2D eigenvalue weighted by atomic mass is 16.5. The molecule has 0 heterocycles. The molecular formula is C17H18O3. The molecule has 0 atom stereocenters. The highest BCUT2D eigenvalue weighted by Gasteiger charge is 2.17.